The highest BCUT2D eigenvalue weighted by Crippen LogP contribution is 2.31. The van der Waals surface area contributed by atoms with Crippen LogP contribution in [0.3, 0.4) is 0 Å². The van der Waals surface area contributed by atoms with E-state index in [0.29, 0.717) is 25.7 Å². The fourth-order valence-corrected chi connectivity index (χ4v) is 7.28. The SMILES string of the molecule is COC1CCCC(C(=O)NC2CCC(n3c(=O)c4cc(F)cnc4n(C4CCSCC4)c3=O)CC2)C1. The molecule has 3 fully saturated rings. The topological polar surface area (TPSA) is 95.2 Å². The van der Waals surface area contributed by atoms with E-state index in [1.807, 2.05) is 11.8 Å². The maximum absolute atomic E-state index is 14.1. The average molecular weight is 519 g/mol. The van der Waals surface area contributed by atoms with Gasteiger partial charge in [0.2, 0.25) is 5.91 Å². The van der Waals surface area contributed by atoms with E-state index in [9.17, 15) is 18.8 Å². The highest BCUT2D eigenvalue weighted by atomic mass is 32.2. The normalized spacial score (nSPS) is 27.7. The van der Waals surface area contributed by atoms with E-state index >= 15 is 0 Å². The maximum Gasteiger partial charge on any atom is 0.333 e. The third kappa shape index (κ3) is 5.11. The lowest BCUT2D eigenvalue weighted by molar-refractivity contribution is -0.128. The molecule has 2 unspecified atom stereocenters. The van der Waals surface area contributed by atoms with Gasteiger partial charge in [0.15, 0.2) is 0 Å². The van der Waals surface area contributed by atoms with Crippen molar-refractivity contribution in [3.63, 3.8) is 0 Å². The molecule has 0 bridgehead atoms. The van der Waals surface area contributed by atoms with Crippen molar-refractivity contribution in [1.29, 1.82) is 0 Å². The zero-order chi connectivity index (χ0) is 25.2. The van der Waals surface area contributed by atoms with Crippen molar-refractivity contribution < 1.29 is 13.9 Å². The molecule has 2 aromatic rings. The van der Waals surface area contributed by atoms with Crippen molar-refractivity contribution in [3.8, 4) is 0 Å². The van der Waals surface area contributed by atoms with Gasteiger partial charge in [-0.2, -0.15) is 11.8 Å². The Morgan fingerprint density at radius 2 is 1.78 bits per heavy atom. The van der Waals surface area contributed by atoms with Gasteiger partial charge < -0.3 is 10.1 Å². The van der Waals surface area contributed by atoms with E-state index in [2.05, 4.69) is 10.3 Å². The summed E-state index contributed by atoms with van der Waals surface area (Å²) in [5, 5.41) is 3.37. The molecule has 5 rings (SSSR count). The number of thioether (sulfide) groups is 1. The lowest BCUT2D eigenvalue weighted by atomic mass is 9.85. The molecule has 8 nitrogen and oxygen atoms in total. The highest BCUT2D eigenvalue weighted by molar-refractivity contribution is 7.99. The minimum Gasteiger partial charge on any atom is -0.381 e. The fraction of sp³-hybridized carbons (Fsp3) is 0.692. The Bertz CT molecular complexity index is 1220. The van der Waals surface area contributed by atoms with Crippen molar-refractivity contribution >= 4 is 28.7 Å². The Hall–Kier alpha value is -2.20. The first-order valence-electron chi connectivity index (χ1n) is 13.2. The van der Waals surface area contributed by atoms with E-state index in [4.69, 9.17) is 4.74 Å². The lowest BCUT2D eigenvalue weighted by Gasteiger charge is -2.33. The number of nitrogens with one attached hydrogen (secondary N) is 1. The number of ether oxygens (including phenoxy) is 1. The molecular formula is C26H35FN4O4S. The van der Waals surface area contributed by atoms with Crippen molar-refractivity contribution in [2.24, 2.45) is 5.92 Å². The third-order valence-corrected chi connectivity index (χ3v) is 9.27. The summed E-state index contributed by atoms with van der Waals surface area (Å²) >= 11 is 1.85. The molecule has 36 heavy (non-hydrogen) atoms. The summed E-state index contributed by atoms with van der Waals surface area (Å²) in [7, 11) is 1.70. The monoisotopic (exact) mass is 518 g/mol. The summed E-state index contributed by atoms with van der Waals surface area (Å²) in [4.78, 5) is 44.2. The number of aromatic nitrogens is 3. The summed E-state index contributed by atoms with van der Waals surface area (Å²) in [6, 6.07) is 0.915. The molecule has 2 atom stereocenters. The van der Waals surface area contributed by atoms with Gasteiger partial charge in [-0.15, -0.1) is 0 Å². The molecule has 2 aromatic heterocycles. The number of carbonyl (C=O) groups is 1. The van der Waals surface area contributed by atoms with E-state index in [-0.39, 0.29) is 52.8 Å². The summed E-state index contributed by atoms with van der Waals surface area (Å²) in [6.45, 7) is 0. The Morgan fingerprint density at radius 1 is 1.06 bits per heavy atom. The van der Waals surface area contributed by atoms with Crippen LogP contribution >= 0.6 is 11.8 Å². The van der Waals surface area contributed by atoms with Gasteiger partial charge in [-0.25, -0.2) is 14.2 Å². The van der Waals surface area contributed by atoms with Crippen molar-refractivity contribution in [1.82, 2.24) is 19.4 Å². The minimum atomic E-state index is -0.583. The average Bonchev–Trinajstić information content (AvgIpc) is 2.91. The van der Waals surface area contributed by atoms with Crippen LogP contribution in [0.15, 0.2) is 21.9 Å². The molecule has 1 aliphatic heterocycles. The van der Waals surface area contributed by atoms with Gasteiger partial charge >= 0.3 is 5.69 Å². The molecule has 3 aliphatic rings. The highest BCUT2D eigenvalue weighted by Gasteiger charge is 2.32. The molecule has 1 saturated heterocycles. The number of fused-ring (bicyclic) bond motifs is 1. The number of amides is 1. The fourth-order valence-electron chi connectivity index (χ4n) is 6.19. The van der Waals surface area contributed by atoms with Crippen LogP contribution in [-0.2, 0) is 9.53 Å². The molecule has 0 aromatic carbocycles. The molecule has 1 N–H and O–H groups in total. The Labute approximate surface area is 214 Å². The van der Waals surface area contributed by atoms with Crippen molar-refractivity contribution in [2.75, 3.05) is 18.6 Å². The number of carbonyl (C=O) groups excluding carboxylic acids is 1. The molecule has 0 spiro atoms. The predicted molar refractivity (Wildman–Crippen MR) is 138 cm³/mol. The number of methoxy groups -OCH3 is 1. The second-order valence-corrected chi connectivity index (χ2v) is 11.7. The predicted octanol–water partition coefficient (Wildman–Crippen LogP) is 3.57. The quantitative estimate of drug-likeness (QED) is 0.650. The summed E-state index contributed by atoms with van der Waals surface area (Å²) in [6.07, 6.45) is 9.12. The first-order valence-corrected chi connectivity index (χ1v) is 14.3. The van der Waals surface area contributed by atoms with Crippen molar-refractivity contribution in [3.05, 3.63) is 38.9 Å². The third-order valence-electron chi connectivity index (χ3n) is 8.22. The number of pyridine rings is 1. The smallest absolute Gasteiger partial charge is 0.333 e. The van der Waals surface area contributed by atoms with Crippen LogP contribution < -0.4 is 16.6 Å². The molecule has 2 aliphatic carbocycles. The van der Waals surface area contributed by atoms with Gasteiger partial charge in [0, 0.05) is 31.2 Å². The van der Waals surface area contributed by atoms with Crippen LogP contribution in [0, 0.1) is 11.7 Å². The largest absolute Gasteiger partial charge is 0.381 e. The molecular weight excluding hydrogens is 483 g/mol. The number of hydrogen-bond acceptors (Lipinski definition) is 6. The van der Waals surface area contributed by atoms with E-state index < -0.39 is 11.4 Å². The Kier molecular flexibility index (Phi) is 7.81. The van der Waals surface area contributed by atoms with E-state index in [0.717, 1.165) is 56.2 Å². The standard InChI is InChI=1S/C26H35FN4O4S/c1-35-21-4-2-3-16(13-21)24(32)29-18-5-7-19(8-6-18)31-25(33)22-14-17(27)15-28-23(22)30(26(31)34)20-9-11-36-12-10-20/h14-16,18-21H,2-13H2,1H3,(H,29,32). The Morgan fingerprint density at radius 3 is 2.50 bits per heavy atom. The number of hydrogen-bond donors (Lipinski definition) is 1. The second kappa shape index (κ2) is 11.0. The molecule has 0 radical (unpaired) electrons. The van der Waals surface area contributed by atoms with Gasteiger partial charge in [-0.05, 0) is 75.4 Å². The number of nitrogens with zero attached hydrogens (tertiary/aromatic N) is 3. The molecule has 1 amide bonds. The number of halogens is 1. The first-order chi connectivity index (χ1) is 17.5. The van der Waals surface area contributed by atoms with Gasteiger partial charge in [0.25, 0.3) is 5.56 Å². The van der Waals surface area contributed by atoms with Crippen LogP contribution in [0.1, 0.15) is 76.3 Å². The van der Waals surface area contributed by atoms with Gasteiger partial charge in [-0.1, -0.05) is 6.42 Å². The zero-order valence-corrected chi connectivity index (χ0v) is 21.6. The maximum atomic E-state index is 14.1. The minimum absolute atomic E-state index is 0.0206. The first kappa shape index (κ1) is 25.4. The zero-order valence-electron chi connectivity index (χ0n) is 20.8. The van der Waals surface area contributed by atoms with Crippen LogP contribution in [0.5, 0.6) is 0 Å². The molecule has 2 saturated carbocycles. The molecule has 196 valence electrons. The van der Waals surface area contributed by atoms with Crippen LogP contribution in [0.2, 0.25) is 0 Å². The van der Waals surface area contributed by atoms with Gasteiger partial charge in [-0.3, -0.25) is 18.7 Å². The van der Waals surface area contributed by atoms with Crippen LogP contribution in [0.25, 0.3) is 11.0 Å². The number of rotatable bonds is 5. The van der Waals surface area contributed by atoms with Crippen LogP contribution in [0.4, 0.5) is 4.39 Å². The van der Waals surface area contributed by atoms with E-state index in [1.165, 1.54) is 10.6 Å². The molecule has 3 heterocycles. The van der Waals surface area contributed by atoms with Gasteiger partial charge in [0.1, 0.15) is 11.5 Å². The summed E-state index contributed by atoms with van der Waals surface area (Å²) in [5.74, 6) is 1.36. The second-order valence-electron chi connectivity index (χ2n) is 10.4. The summed E-state index contributed by atoms with van der Waals surface area (Å²) in [5.41, 5.74) is -0.533. The van der Waals surface area contributed by atoms with Crippen molar-refractivity contribution in [2.45, 2.75) is 88.4 Å². The molecule has 10 heteroatoms. The van der Waals surface area contributed by atoms with E-state index in [1.54, 1.807) is 11.7 Å². The van der Waals surface area contributed by atoms with Crippen LogP contribution in [-0.4, -0.2) is 50.8 Å². The lowest BCUT2D eigenvalue weighted by Crippen LogP contribution is -2.47. The summed E-state index contributed by atoms with van der Waals surface area (Å²) < 4.78 is 22.5. The van der Waals surface area contributed by atoms with Gasteiger partial charge in [0.05, 0.1) is 17.7 Å². The Balaban J connectivity index is 1.35.